The molecule has 1 unspecified atom stereocenters. The molecule has 2 aromatic rings. The fourth-order valence-corrected chi connectivity index (χ4v) is 4.54. The topological polar surface area (TPSA) is 115 Å². The first-order valence-electron chi connectivity index (χ1n) is 9.98. The molecule has 31 heavy (non-hydrogen) atoms. The second-order valence-electron chi connectivity index (χ2n) is 7.76. The van der Waals surface area contributed by atoms with Crippen LogP contribution in [0, 0.1) is 0 Å². The number of nitrogens with one attached hydrogen (secondary N) is 3. The lowest BCUT2D eigenvalue weighted by molar-refractivity contribution is -0.122. The molecular weight excluding hydrogens is 466 g/mol. The van der Waals surface area contributed by atoms with Crippen LogP contribution in [0.5, 0.6) is 0 Å². The van der Waals surface area contributed by atoms with Crippen molar-refractivity contribution in [3.8, 4) is 0 Å². The Morgan fingerprint density at radius 1 is 1.23 bits per heavy atom. The Bertz CT molecular complexity index is 1070. The van der Waals surface area contributed by atoms with Gasteiger partial charge in [-0.3, -0.25) is 34.9 Å². The minimum Gasteiger partial charge on any atom is -0.356 e. The molecule has 162 valence electrons. The van der Waals surface area contributed by atoms with Gasteiger partial charge in [0.2, 0.25) is 11.8 Å². The first-order chi connectivity index (χ1) is 14.8. The summed E-state index contributed by atoms with van der Waals surface area (Å²) in [4.78, 5) is 56.0. The molecule has 3 N–H and O–H groups in total. The van der Waals surface area contributed by atoms with Crippen LogP contribution < -0.4 is 15.8 Å². The number of aromatic amines is 1. The van der Waals surface area contributed by atoms with E-state index in [1.807, 2.05) is 13.0 Å². The number of amides is 4. The Hall–Kier alpha value is -3.14. The molecule has 1 fully saturated rings. The maximum atomic E-state index is 13.1. The summed E-state index contributed by atoms with van der Waals surface area (Å²) >= 11 is 3.24. The molecule has 3 heterocycles. The number of carbonyl (C=O) groups is 4. The van der Waals surface area contributed by atoms with Gasteiger partial charge in [0.25, 0.3) is 11.8 Å². The first kappa shape index (κ1) is 21.1. The molecule has 10 heteroatoms. The lowest BCUT2D eigenvalue weighted by atomic mass is 9.98. The molecule has 0 radical (unpaired) electrons. The average Bonchev–Trinajstić information content (AvgIpc) is 3.32. The van der Waals surface area contributed by atoms with Crippen molar-refractivity contribution in [2.45, 2.75) is 38.3 Å². The molecule has 4 amide bonds. The molecule has 1 atom stereocenters. The summed E-state index contributed by atoms with van der Waals surface area (Å²) in [6.07, 6.45) is 3.03. The first-order valence-corrected chi connectivity index (χ1v) is 10.8. The van der Waals surface area contributed by atoms with E-state index in [1.54, 1.807) is 40.3 Å². The zero-order valence-corrected chi connectivity index (χ0v) is 18.5. The van der Waals surface area contributed by atoms with Crippen molar-refractivity contribution in [1.29, 1.82) is 0 Å². The third kappa shape index (κ3) is 3.83. The molecule has 2 aliphatic heterocycles. The monoisotopic (exact) mass is 487 g/mol. The number of para-hydroxylation sites is 1. The molecule has 0 spiro atoms. The van der Waals surface area contributed by atoms with Gasteiger partial charge in [0, 0.05) is 30.1 Å². The normalized spacial score (nSPS) is 19.8. The number of hydrogen-bond donors (Lipinski definition) is 3. The number of hydrogen-bond acceptors (Lipinski definition) is 4. The van der Waals surface area contributed by atoms with Crippen LogP contribution in [-0.2, 0) is 9.59 Å². The summed E-state index contributed by atoms with van der Waals surface area (Å²) in [5.74, 6) is -0.984. The molecule has 0 aliphatic carbocycles. The van der Waals surface area contributed by atoms with Crippen molar-refractivity contribution in [3.05, 3.63) is 52.3 Å². The van der Waals surface area contributed by atoms with E-state index in [1.165, 1.54) is 0 Å². The zero-order chi connectivity index (χ0) is 22.2. The highest BCUT2D eigenvalue weighted by molar-refractivity contribution is 9.10. The molecule has 1 saturated heterocycles. The van der Waals surface area contributed by atoms with E-state index in [-0.39, 0.29) is 24.1 Å². The Morgan fingerprint density at radius 3 is 2.74 bits per heavy atom. The number of rotatable bonds is 5. The number of aromatic nitrogens is 1. The number of fused-ring (bicyclic) bond motifs is 3. The van der Waals surface area contributed by atoms with Crippen LogP contribution in [0.3, 0.4) is 0 Å². The van der Waals surface area contributed by atoms with E-state index in [9.17, 15) is 19.2 Å². The standard InChI is InChI=1S/C21H22BrN5O4/c1-21-9-8-18(29)27(21)16-6-3-2-5-14(16)20(31)26(21)10-4-7-17(28)24-25-19(30)15-11-13(22)12-23-15/h2-3,5-6,11-12,23H,4,7-10H2,1H3,(H,24,28)(H,25,30). The number of hydrazine groups is 1. The van der Waals surface area contributed by atoms with Crippen molar-refractivity contribution in [1.82, 2.24) is 20.7 Å². The van der Waals surface area contributed by atoms with Crippen LogP contribution in [0.1, 0.15) is 53.5 Å². The predicted octanol–water partition coefficient (Wildman–Crippen LogP) is 2.32. The van der Waals surface area contributed by atoms with Crippen molar-refractivity contribution in [2.75, 3.05) is 11.4 Å². The number of carbonyl (C=O) groups excluding carboxylic acids is 4. The molecule has 1 aromatic carbocycles. The summed E-state index contributed by atoms with van der Waals surface area (Å²) in [5.41, 5.74) is 5.43. The summed E-state index contributed by atoms with van der Waals surface area (Å²) in [6, 6.07) is 8.70. The van der Waals surface area contributed by atoms with E-state index in [0.29, 0.717) is 42.8 Å². The van der Waals surface area contributed by atoms with E-state index >= 15 is 0 Å². The largest absolute Gasteiger partial charge is 0.356 e. The number of H-pyrrole nitrogens is 1. The Kier molecular flexibility index (Phi) is 5.57. The number of anilines is 1. The highest BCUT2D eigenvalue weighted by Gasteiger charge is 2.52. The van der Waals surface area contributed by atoms with Gasteiger partial charge in [-0.05, 0) is 53.9 Å². The summed E-state index contributed by atoms with van der Waals surface area (Å²) in [7, 11) is 0. The maximum Gasteiger partial charge on any atom is 0.286 e. The van der Waals surface area contributed by atoms with E-state index in [0.717, 1.165) is 4.47 Å². The molecule has 1 aromatic heterocycles. The van der Waals surface area contributed by atoms with Crippen LogP contribution >= 0.6 is 15.9 Å². The van der Waals surface area contributed by atoms with Crippen molar-refractivity contribution in [2.24, 2.45) is 0 Å². The molecule has 9 nitrogen and oxygen atoms in total. The van der Waals surface area contributed by atoms with Crippen molar-refractivity contribution >= 4 is 45.2 Å². The van der Waals surface area contributed by atoms with Crippen LogP contribution in [0.15, 0.2) is 41.0 Å². The van der Waals surface area contributed by atoms with E-state index in [2.05, 4.69) is 31.8 Å². The highest BCUT2D eigenvalue weighted by Crippen LogP contribution is 2.43. The molecular formula is C21H22BrN5O4. The van der Waals surface area contributed by atoms with Gasteiger partial charge in [0.15, 0.2) is 0 Å². The van der Waals surface area contributed by atoms with E-state index in [4.69, 9.17) is 0 Å². The minimum atomic E-state index is -0.742. The number of nitrogens with zero attached hydrogens (tertiary/aromatic N) is 2. The van der Waals surface area contributed by atoms with Gasteiger partial charge in [-0.25, -0.2) is 0 Å². The third-order valence-electron chi connectivity index (χ3n) is 5.74. The number of halogens is 1. The van der Waals surface area contributed by atoms with Gasteiger partial charge < -0.3 is 9.88 Å². The second-order valence-corrected chi connectivity index (χ2v) is 8.67. The van der Waals surface area contributed by atoms with Crippen LogP contribution in [0.25, 0.3) is 0 Å². The lowest BCUT2D eigenvalue weighted by Crippen LogP contribution is -2.62. The Balaban J connectivity index is 1.37. The zero-order valence-electron chi connectivity index (χ0n) is 16.9. The van der Waals surface area contributed by atoms with Crippen molar-refractivity contribution in [3.63, 3.8) is 0 Å². The Labute approximate surface area is 187 Å². The summed E-state index contributed by atoms with van der Waals surface area (Å²) in [5, 5.41) is 0. The molecule has 4 rings (SSSR count). The molecule has 0 bridgehead atoms. The van der Waals surface area contributed by atoms with Gasteiger partial charge >= 0.3 is 0 Å². The maximum absolute atomic E-state index is 13.1. The number of benzene rings is 1. The highest BCUT2D eigenvalue weighted by atomic mass is 79.9. The quantitative estimate of drug-likeness (QED) is 0.561. The fourth-order valence-electron chi connectivity index (χ4n) is 4.19. The van der Waals surface area contributed by atoms with Crippen molar-refractivity contribution < 1.29 is 19.2 Å². The fraction of sp³-hybridized carbons (Fsp3) is 0.333. The van der Waals surface area contributed by atoms with Gasteiger partial charge in [-0.1, -0.05) is 12.1 Å². The summed E-state index contributed by atoms with van der Waals surface area (Å²) in [6.45, 7) is 2.21. The Morgan fingerprint density at radius 2 is 2.00 bits per heavy atom. The minimum absolute atomic E-state index is 0.0103. The lowest BCUT2D eigenvalue weighted by Gasteiger charge is -2.48. The van der Waals surface area contributed by atoms with Crippen LogP contribution in [0.4, 0.5) is 5.69 Å². The molecule has 0 saturated carbocycles. The SMILES string of the molecule is CC12CCC(=O)N1c1ccccc1C(=O)N2CCCC(=O)NNC(=O)c1cc(Br)c[nH]1. The van der Waals surface area contributed by atoms with Crippen LogP contribution in [-0.4, -0.2) is 45.7 Å². The van der Waals surface area contributed by atoms with E-state index < -0.39 is 11.6 Å². The van der Waals surface area contributed by atoms with Gasteiger partial charge in [0.1, 0.15) is 11.4 Å². The van der Waals surface area contributed by atoms with Gasteiger partial charge in [0.05, 0.1) is 11.3 Å². The van der Waals surface area contributed by atoms with Crippen LogP contribution in [0.2, 0.25) is 0 Å². The average molecular weight is 488 g/mol. The predicted molar refractivity (Wildman–Crippen MR) is 116 cm³/mol. The second kappa shape index (κ2) is 8.18. The van der Waals surface area contributed by atoms with Gasteiger partial charge in [-0.15, -0.1) is 0 Å². The van der Waals surface area contributed by atoms with Gasteiger partial charge in [-0.2, -0.15) is 0 Å². The smallest absolute Gasteiger partial charge is 0.286 e. The third-order valence-corrected chi connectivity index (χ3v) is 6.20. The molecule has 2 aliphatic rings. The summed E-state index contributed by atoms with van der Waals surface area (Å²) < 4.78 is 0.727.